The van der Waals surface area contributed by atoms with Crippen molar-refractivity contribution in [3.8, 4) is 0 Å². The van der Waals surface area contributed by atoms with E-state index in [0.29, 0.717) is 0 Å². The fourth-order valence-corrected chi connectivity index (χ4v) is 1.40. The van der Waals surface area contributed by atoms with Crippen LogP contribution >= 0.6 is 0 Å². The molecule has 1 aromatic carbocycles. The molecule has 0 aromatic heterocycles. The Labute approximate surface area is 122 Å². The Morgan fingerprint density at radius 2 is 1.42 bits per heavy atom. The van der Waals surface area contributed by atoms with Gasteiger partial charge in [0, 0.05) is 12.1 Å². The average Bonchev–Trinajstić information content (AvgIpc) is 2.87. The van der Waals surface area contributed by atoms with Gasteiger partial charge in [0.15, 0.2) is 0 Å². The second-order valence-corrected chi connectivity index (χ2v) is 3.54. The number of para-hydroxylation sites is 1. The van der Waals surface area contributed by atoms with Crippen molar-refractivity contribution in [3.63, 3.8) is 0 Å². The Bertz CT molecular complexity index is 313. The molecule has 112 valence electrons. The smallest absolute Gasteiger partial charge is 0.0664 e. The summed E-state index contributed by atoms with van der Waals surface area (Å²) < 4.78 is 0. The first-order valence-electron chi connectivity index (χ1n) is 7.46. The van der Waals surface area contributed by atoms with Crippen LogP contribution in [0.15, 0.2) is 29.3 Å². The summed E-state index contributed by atoms with van der Waals surface area (Å²) in [7, 11) is 0. The maximum Gasteiger partial charge on any atom is 0.0664 e. The van der Waals surface area contributed by atoms with Crippen LogP contribution in [0.5, 0.6) is 0 Å². The highest BCUT2D eigenvalue weighted by molar-refractivity contribution is 5.93. The standard InChI is InChI=1S/C10H11N.C3H8.2C2H6.CH4/c1-2-9-7-8-5-3-4-6-10(8)11-9;1-3-2;2*1-2;/h3-6H,2,7H2,1H3;3H2,1-2H3;2*1-2H3;1H4. The molecule has 1 aromatic rings. The summed E-state index contributed by atoms with van der Waals surface area (Å²) in [5.74, 6) is 0. The summed E-state index contributed by atoms with van der Waals surface area (Å²) in [4.78, 5) is 4.49. The maximum atomic E-state index is 4.49. The van der Waals surface area contributed by atoms with Crippen LogP contribution in [0.3, 0.4) is 0 Å². The van der Waals surface area contributed by atoms with Crippen molar-refractivity contribution in [1.29, 1.82) is 0 Å². The lowest BCUT2D eigenvalue weighted by molar-refractivity contribution is 1.09. The zero-order valence-electron chi connectivity index (χ0n) is 13.4. The van der Waals surface area contributed by atoms with Gasteiger partial charge in [-0.1, -0.05) is 80.5 Å². The molecule has 19 heavy (non-hydrogen) atoms. The van der Waals surface area contributed by atoms with E-state index >= 15 is 0 Å². The van der Waals surface area contributed by atoms with Gasteiger partial charge in [-0.05, 0) is 18.1 Å². The predicted molar refractivity (Wildman–Crippen MR) is 92.9 cm³/mol. The Hall–Kier alpha value is -1.11. The Kier molecular flexibility index (Phi) is 20.5. The molecule has 0 spiro atoms. The molecular formula is C18H35N. The fraction of sp³-hybridized carbons (Fsp3) is 0.611. The fourth-order valence-electron chi connectivity index (χ4n) is 1.40. The minimum atomic E-state index is 0. The lowest BCUT2D eigenvalue weighted by Gasteiger charge is -1.92. The minimum absolute atomic E-state index is 0. The zero-order valence-corrected chi connectivity index (χ0v) is 13.4. The summed E-state index contributed by atoms with van der Waals surface area (Å²) in [6.45, 7) is 14.4. The van der Waals surface area contributed by atoms with Crippen LogP contribution in [0, 0.1) is 0 Å². The van der Waals surface area contributed by atoms with E-state index in [4.69, 9.17) is 0 Å². The molecule has 1 heteroatoms. The third kappa shape index (κ3) is 9.47. The van der Waals surface area contributed by atoms with E-state index < -0.39 is 0 Å². The van der Waals surface area contributed by atoms with Crippen molar-refractivity contribution in [2.24, 2.45) is 4.99 Å². The normalized spacial score (nSPS) is 9.95. The van der Waals surface area contributed by atoms with Crippen LogP contribution in [0.1, 0.15) is 74.3 Å². The lowest BCUT2D eigenvalue weighted by Crippen LogP contribution is -1.93. The molecule has 0 saturated carbocycles. The van der Waals surface area contributed by atoms with Crippen molar-refractivity contribution in [1.82, 2.24) is 0 Å². The number of rotatable bonds is 1. The second kappa shape index (κ2) is 16.9. The van der Waals surface area contributed by atoms with Crippen LogP contribution < -0.4 is 0 Å². The molecule has 1 aliphatic rings. The summed E-state index contributed by atoms with van der Waals surface area (Å²) in [6, 6.07) is 8.35. The van der Waals surface area contributed by atoms with E-state index in [0.717, 1.165) is 12.8 Å². The molecule has 1 heterocycles. The van der Waals surface area contributed by atoms with Gasteiger partial charge in [0.25, 0.3) is 0 Å². The van der Waals surface area contributed by atoms with E-state index in [1.54, 1.807) is 0 Å². The molecule has 0 atom stereocenters. The Balaban J connectivity index is -0.000000279. The quantitative estimate of drug-likeness (QED) is 0.527. The van der Waals surface area contributed by atoms with Gasteiger partial charge in [-0.3, -0.25) is 4.99 Å². The monoisotopic (exact) mass is 265 g/mol. The molecule has 0 saturated heterocycles. The Morgan fingerprint density at radius 3 is 1.84 bits per heavy atom. The van der Waals surface area contributed by atoms with Crippen LogP contribution in [0.4, 0.5) is 5.69 Å². The van der Waals surface area contributed by atoms with Gasteiger partial charge in [-0.25, -0.2) is 0 Å². The molecule has 0 amide bonds. The van der Waals surface area contributed by atoms with Crippen molar-refractivity contribution < 1.29 is 0 Å². The van der Waals surface area contributed by atoms with E-state index in [2.05, 4.69) is 44.0 Å². The molecule has 1 aliphatic heterocycles. The number of benzene rings is 1. The van der Waals surface area contributed by atoms with Crippen LogP contribution in [0.2, 0.25) is 0 Å². The van der Waals surface area contributed by atoms with Gasteiger partial charge < -0.3 is 0 Å². The summed E-state index contributed by atoms with van der Waals surface area (Å²) >= 11 is 0. The molecule has 0 unspecified atom stereocenters. The highest BCUT2D eigenvalue weighted by Crippen LogP contribution is 2.26. The summed E-state index contributed by atoms with van der Waals surface area (Å²) in [6.07, 6.45) is 3.39. The second-order valence-electron chi connectivity index (χ2n) is 3.54. The zero-order chi connectivity index (χ0) is 14.4. The molecular weight excluding hydrogens is 230 g/mol. The van der Waals surface area contributed by atoms with Gasteiger partial charge in [-0.15, -0.1) is 0 Å². The summed E-state index contributed by atoms with van der Waals surface area (Å²) in [5, 5.41) is 0. The van der Waals surface area contributed by atoms with E-state index in [-0.39, 0.29) is 7.43 Å². The lowest BCUT2D eigenvalue weighted by atomic mass is 10.1. The third-order valence-electron chi connectivity index (χ3n) is 2.07. The molecule has 0 fully saturated rings. The average molecular weight is 265 g/mol. The minimum Gasteiger partial charge on any atom is -0.257 e. The molecule has 0 radical (unpaired) electrons. The first kappa shape index (κ1) is 23.0. The van der Waals surface area contributed by atoms with Crippen molar-refractivity contribution in [3.05, 3.63) is 29.8 Å². The van der Waals surface area contributed by atoms with Gasteiger partial charge in [0.2, 0.25) is 0 Å². The van der Waals surface area contributed by atoms with E-state index in [1.165, 1.54) is 23.4 Å². The van der Waals surface area contributed by atoms with Crippen molar-refractivity contribution in [2.75, 3.05) is 0 Å². The van der Waals surface area contributed by atoms with Crippen LogP contribution in [-0.4, -0.2) is 5.71 Å². The SMILES string of the molecule is C.CC.CC.CCC.CCC1=Nc2ccccc2C1. The van der Waals surface area contributed by atoms with Crippen molar-refractivity contribution in [2.45, 2.75) is 75.2 Å². The maximum absolute atomic E-state index is 4.49. The van der Waals surface area contributed by atoms with Gasteiger partial charge in [0.05, 0.1) is 5.69 Å². The first-order chi connectivity index (χ1) is 8.81. The van der Waals surface area contributed by atoms with E-state index in [9.17, 15) is 0 Å². The number of aliphatic imine (C=N–C) groups is 1. The first-order valence-corrected chi connectivity index (χ1v) is 7.46. The predicted octanol–water partition coefficient (Wildman–Crippen LogP) is 6.83. The van der Waals surface area contributed by atoms with E-state index in [1.807, 2.05) is 33.8 Å². The highest BCUT2D eigenvalue weighted by Gasteiger charge is 2.10. The van der Waals surface area contributed by atoms with Gasteiger partial charge in [-0.2, -0.15) is 0 Å². The largest absolute Gasteiger partial charge is 0.257 e. The number of hydrogen-bond acceptors (Lipinski definition) is 1. The number of fused-ring (bicyclic) bond motifs is 1. The number of nitrogens with zero attached hydrogens (tertiary/aromatic N) is 1. The Morgan fingerprint density at radius 1 is 0.947 bits per heavy atom. The summed E-state index contributed by atoms with van der Waals surface area (Å²) in [5.41, 5.74) is 3.86. The van der Waals surface area contributed by atoms with Gasteiger partial charge >= 0.3 is 0 Å². The number of hydrogen-bond donors (Lipinski definition) is 0. The molecule has 0 aliphatic carbocycles. The topological polar surface area (TPSA) is 12.4 Å². The molecule has 2 rings (SSSR count). The van der Waals surface area contributed by atoms with Gasteiger partial charge in [0.1, 0.15) is 0 Å². The molecule has 0 bridgehead atoms. The van der Waals surface area contributed by atoms with Crippen LogP contribution in [-0.2, 0) is 6.42 Å². The third-order valence-corrected chi connectivity index (χ3v) is 2.07. The molecule has 1 nitrogen and oxygen atoms in total. The van der Waals surface area contributed by atoms with Crippen LogP contribution in [0.25, 0.3) is 0 Å². The van der Waals surface area contributed by atoms with Crippen molar-refractivity contribution >= 4 is 11.4 Å². The highest BCUT2D eigenvalue weighted by atomic mass is 14.8. The molecule has 0 N–H and O–H groups in total.